The highest BCUT2D eigenvalue weighted by atomic mass is 16.7. The van der Waals surface area contributed by atoms with Gasteiger partial charge in [0.1, 0.15) is 0 Å². The fourth-order valence-electron chi connectivity index (χ4n) is 2.31. The Hall–Kier alpha value is -1.86. The molecule has 0 saturated heterocycles. The summed E-state index contributed by atoms with van der Waals surface area (Å²) in [6.07, 6.45) is 0.767. The van der Waals surface area contributed by atoms with Gasteiger partial charge >= 0.3 is 0 Å². The third-order valence-electron chi connectivity index (χ3n) is 3.83. The molecular formula is C16H22N2O2. The van der Waals surface area contributed by atoms with Gasteiger partial charge in [-0.2, -0.15) is 5.26 Å². The second-order valence-electron chi connectivity index (χ2n) is 5.18. The summed E-state index contributed by atoms with van der Waals surface area (Å²) >= 11 is 0. The smallest absolute Gasteiger partial charge is 0.245 e. The van der Waals surface area contributed by atoms with Gasteiger partial charge in [0, 0.05) is 13.5 Å². The maximum atomic E-state index is 11.9. The van der Waals surface area contributed by atoms with Crippen molar-refractivity contribution in [3.8, 4) is 6.07 Å². The molecule has 0 radical (unpaired) electrons. The minimum Gasteiger partial charge on any atom is -0.275 e. The molecule has 0 heterocycles. The van der Waals surface area contributed by atoms with Gasteiger partial charge in [-0.15, -0.1) is 0 Å². The molecule has 4 heteroatoms. The predicted molar refractivity (Wildman–Crippen MR) is 77.6 cm³/mol. The number of hydrogen-bond donors (Lipinski definition) is 0. The number of amides is 1. The van der Waals surface area contributed by atoms with Crippen LogP contribution < -0.4 is 0 Å². The van der Waals surface area contributed by atoms with Crippen LogP contribution in [0.3, 0.4) is 0 Å². The van der Waals surface area contributed by atoms with Crippen molar-refractivity contribution in [3.05, 3.63) is 35.9 Å². The van der Waals surface area contributed by atoms with Crippen molar-refractivity contribution in [2.24, 2.45) is 5.92 Å². The molecule has 1 atom stereocenters. The van der Waals surface area contributed by atoms with Crippen molar-refractivity contribution in [2.75, 3.05) is 14.2 Å². The van der Waals surface area contributed by atoms with E-state index in [0.29, 0.717) is 6.42 Å². The highest BCUT2D eigenvalue weighted by Crippen LogP contribution is 2.36. The Morgan fingerprint density at radius 1 is 1.40 bits per heavy atom. The van der Waals surface area contributed by atoms with Crippen LogP contribution in [-0.4, -0.2) is 25.1 Å². The fourth-order valence-corrected chi connectivity index (χ4v) is 2.31. The average Bonchev–Trinajstić information content (AvgIpc) is 2.48. The molecule has 0 aliphatic carbocycles. The van der Waals surface area contributed by atoms with Crippen molar-refractivity contribution in [2.45, 2.75) is 32.1 Å². The molecule has 0 aromatic heterocycles. The SMILES string of the molecule is CON(C)C(=O)CCC(C#N)(c1ccccc1)C(C)C. The first kappa shape index (κ1) is 16.2. The van der Waals surface area contributed by atoms with Gasteiger partial charge in [-0.1, -0.05) is 44.2 Å². The van der Waals surface area contributed by atoms with Crippen LogP contribution in [0.5, 0.6) is 0 Å². The molecule has 1 aromatic carbocycles. The summed E-state index contributed by atoms with van der Waals surface area (Å²) in [5.41, 5.74) is 0.316. The van der Waals surface area contributed by atoms with Gasteiger partial charge in [-0.25, -0.2) is 5.06 Å². The van der Waals surface area contributed by atoms with Crippen molar-refractivity contribution in [1.29, 1.82) is 5.26 Å². The lowest BCUT2D eigenvalue weighted by Gasteiger charge is -2.31. The largest absolute Gasteiger partial charge is 0.275 e. The third-order valence-corrected chi connectivity index (χ3v) is 3.83. The molecule has 0 aliphatic heterocycles. The van der Waals surface area contributed by atoms with E-state index in [1.54, 1.807) is 7.05 Å². The number of carbonyl (C=O) groups excluding carboxylic acids is 1. The van der Waals surface area contributed by atoms with E-state index in [1.165, 1.54) is 12.2 Å². The topological polar surface area (TPSA) is 53.3 Å². The van der Waals surface area contributed by atoms with Crippen LogP contribution in [0.4, 0.5) is 0 Å². The molecule has 1 aromatic rings. The zero-order chi connectivity index (χ0) is 15.2. The van der Waals surface area contributed by atoms with Crippen LogP contribution in [0.15, 0.2) is 30.3 Å². The van der Waals surface area contributed by atoms with Gasteiger partial charge in [0.05, 0.1) is 18.6 Å². The van der Waals surface area contributed by atoms with Crippen molar-refractivity contribution < 1.29 is 9.63 Å². The Morgan fingerprint density at radius 2 is 2.00 bits per heavy atom. The standard InChI is InChI=1S/C16H22N2O2/c1-13(2)16(12-17,14-8-6-5-7-9-14)11-10-15(19)18(3)20-4/h5-9,13H,10-11H2,1-4H3. The quantitative estimate of drug-likeness (QED) is 0.749. The Kier molecular flexibility index (Phi) is 5.72. The van der Waals surface area contributed by atoms with Gasteiger partial charge in [0.2, 0.25) is 5.91 Å². The van der Waals surface area contributed by atoms with Gasteiger partial charge < -0.3 is 0 Å². The normalized spacial score (nSPS) is 13.6. The van der Waals surface area contributed by atoms with Crippen LogP contribution in [0, 0.1) is 17.2 Å². The Balaban J connectivity index is 2.98. The molecule has 0 aliphatic rings. The molecule has 1 amide bonds. The molecule has 1 rings (SSSR count). The molecule has 108 valence electrons. The number of nitrogens with zero attached hydrogens (tertiary/aromatic N) is 2. The molecule has 0 saturated carbocycles. The minimum atomic E-state index is -0.647. The molecule has 1 unspecified atom stereocenters. The third kappa shape index (κ3) is 3.37. The number of carbonyl (C=O) groups is 1. The number of benzene rings is 1. The summed E-state index contributed by atoms with van der Waals surface area (Å²) in [4.78, 5) is 16.8. The van der Waals surface area contributed by atoms with E-state index in [2.05, 4.69) is 6.07 Å². The second-order valence-corrected chi connectivity index (χ2v) is 5.18. The van der Waals surface area contributed by atoms with E-state index < -0.39 is 5.41 Å². The fraction of sp³-hybridized carbons (Fsp3) is 0.500. The van der Waals surface area contributed by atoms with E-state index in [1.807, 2.05) is 44.2 Å². The minimum absolute atomic E-state index is 0.121. The lowest BCUT2D eigenvalue weighted by atomic mass is 9.70. The van der Waals surface area contributed by atoms with Crippen molar-refractivity contribution in [1.82, 2.24) is 5.06 Å². The molecule has 4 nitrogen and oxygen atoms in total. The number of hydrogen-bond acceptors (Lipinski definition) is 3. The molecule has 0 bridgehead atoms. The van der Waals surface area contributed by atoms with E-state index in [4.69, 9.17) is 4.84 Å². The first-order valence-corrected chi connectivity index (χ1v) is 6.75. The van der Waals surface area contributed by atoms with Crippen LogP contribution in [0.1, 0.15) is 32.3 Å². The molecule has 0 spiro atoms. The molecular weight excluding hydrogens is 252 g/mol. The van der Waals surface area contributed by atoms with E-state index in [9.17, 15) is 10.1 Å². The van der Waals surface area contributed by atoms with Crippen LogP contribution >= 0.6 is 0 Å². The zero-order valence-corrected chi connectivity index (χ0v) is 12.6. The van der Waals surface area contributed by atoms with Crippen LogP contribution in [0.25, 0.3) is 0 Å². The molecule has 20 heavy (non-hydrogen) atoms. The number of hydroxylamine groups is 2. The highest BCUT2D eigenvalue weighted by molar-refractivity contribution is 5.75. The van der Waals surface area contributed by atoms with Crippen LogP contribution in [0.2, 0.25) is 0 Å². The monoisotopic (exact) mass is 274 g/mol. The summed E-state index contributed by atoms with van der Waals surface area (Å²) in [7, 11) is 3.03. The Labute approximate surface area is 120 Å². The lowest BCUT2D eigenvalue weighted by molar-refractivity contribution is -0.169. The lowest BCUT2D eigenvalue weighted by Crippen LogP contribution is -2.34. The first-order valence-electron chi connectivity index (χ1n) is 6.75. The maximum absolute atomic E-state index is 11.9. The Bertz CT molecular complexity index is 479. The van der Waals surface area contributed by atoms with Crippen molar-refractivity contribution in [3.63, 3.8) is 0 Å². The van der Waals surface area contributed by atoms with E-state index in [0.717, 1.165) is 5.56 Å². The average molecular weight is 274 g/mol. The van der Waals surface area contributed by atoms with Crippen molar-refractivity contribution >= 4 is 5.91 Å². The van der Waals surface area contributed by atoms with E-state index >= 15 is 0 Å². The number of nitriles is 1. The summed E-state index contributed by atoms with van der Waals surface area (Å²) in [6, 6.07) is 12.1. The van der Waals surface area contributed by atoms with E-state index in [-0.39, 0.29) is 18.2 Å². The molecule has 0 N–H and O–H groups in total. The maximum Gasteiger partial charge on any atom is 0.245 e. The van der Waals surface area contributed by atoms with Gasteiger partial charge in [0.15, 0.2) is 0 Å². The van der Waals surface area contributed by atoms with Gasteiger partial charge in [-0.3, -0.25) is 9.63 Å². The summed E-state index contributed by atoms with van der Waals surface area (Å²) in [5, 5.41) is 10.9. The van der Waals surface area contributed by atoms with Gasteiger partial charge in [0.25, 0.3) is 0 Å². The van der Waals surface area contributed by atoms with Crippen LogP contribution in [-0.2, 0) is 15.0 Å². The summed E-state index contributed by atoms with van der Waals surface area (Å²) in [5.74, 6) is -0.000688. The first-order chi connectivity index (χ1) is 9.47. The number of rotatable bonds is 6. The highest BCUT2D eigenvalue weighted by Gasteiger charge is 2.36. The second kappa shape index (κ2) is 7.06. The summed E-state index contributed by atoms with van der Waals surface area (Å²) in [6.45, 7) is 4.03. The van der Waals surface area contributed by atoms with Gasteiger partial charge in [-0.05, 0) is 17.9 Å². The zero-order valence-electron chi connectivity index (χ0n) is 12.6. The molecule has 0 fully saturated rings. The predicted octanol–water partition coefficient (Wildman–Crippen LogP) is 2.90. The summed E-state index contributed by atoms with van der Waals surface area (Å²) < 4.78 is 0. The Morgan fingerprint density at radius 3 is 2.45 bits per heavy atom.